The molecule has 0 saturated heterocycles. The zero-order chi connectivity index (χ0) is 13.1. The Balaban J connectivity index is 1.71. The molecule has 0 spiro atoms. The third-order valence-electron chi connectivity index (χ3n) is 6.36. The molecule has 0 heterocycles. The van der Waals surface area contributed by atoms with E-state index in [2.05, 4.69) is 20.8 Å². The van der Waals surface area contributed by atoms with Crippen LogP contribution >= 0.6 is 0 Å². The van der Waals surface area contributed by atoms with E-state index < -0.39 is 0 Å². The van der Waals surface area contributed by atoms with E-state index in [0.717, 1.165) is 12.3 Å². The lowest BCUT2D eigenvalue weighted by atomic mass is 9.70. The maximum Gasteiger partial charge on any atom is 0.166 e. The first-order chi connectivity index (χ1) is 8.40. The van der Waals surface area contributed by atoms with Gasteiger partial charge in [0.25, 0.3) is 0 Å². The summed E-state index contributed by atoms with van der Waals surface area (Å²) in [5, 5.41) is 0. The summed E-state index contributed by atoms with van der Waals surface area (Å²) in [6.45, 7) is 7.13. The number of hydrogen-bond acceptors (Lipinski definition) is 3. The second kappa shape index (κ2) is 3.80. The van der Waals surface area contributed by atoms with Crippen LogP contribution in [0.4, 0.5) is 0 Å². The van der Waals surface area contributed by atoms with E-state index >= 15 is 0 Å². The highest BCUT2D eigenvalue weighted by molar-refractivity contribution is 5.90. The quantitative estimate of drug-likeness (QED) is 0.774. The largest absolute Gasteiger partial charge is 0.371 e. The monoisotopic (exact) mass is 252 g/mol. The minimum atomic E-state index is -0.309. The lowest BCUT2D eigenvalue weighted by Gasteiger charge is -2.43. The van der Waals surface area contributed by atoms with Crippen molar-refractivity contribution in [2.24, 2.45) is 16.7 Å². The van der Waals surface area contributed by atoms with Crippen molar-refractivity contribution < 1.29 is 14.3 Å². The Hall–Kier alpha value is -0.410. The number of ketones is 1. The van der Waals surface area contributed by atoms with Crippen LogP contribution in [0.25, 0.3) is 0 Å². The van der Waals surface area contributed by atoms with Gasteiger partial charge in [0.1, 0.15) is 6.10 Å². The molecule has 2 bridgehead atoms. The zero-order valence-corrected chi connectivity index (χ0v) is 11.9. The van der Waals surface area contributed by atoms with Crippen LogP contribution in [0.15, 0.2) is 0 Å². The molecule has 0 radical (unpaired) electrons. The van der Waals surface area contributed by atoms with E-state index in [1.54, 1.807) is 7.11 Å². The number of Topliss-reactive ketones (excluding diaryl/α,β-unsaturated/α-hetero) is 1. The van der Waals surface area contributed by atoms with Gasteiger partial charge in [0.2, 0.25) is 0 Å². The minimum Gasteiger partial charge on any atom is -0.371 e. The van der Waals surface area contributed by atoms with Gasteiger partial charge in [-0.3, -0.25) is 4.79 Å². The van der Waals surface area contributed by atoms with Crippen LogP contribution in [0.3, 0.4) is 0 Å². The average molecular weight is 252 g/mol. The van der Waals surface area contributed by atoms with Crippen LogP contribution in [0, 0.1) is 16.7 Å². The molecule has 18 heavy (non-hydrogen) atoms. The first kappa shape index (κ1) is 12.6. The second-order valence-corrected chi connectivity index (χ2v) is 7.10. The van der Waals surface area contributed by atoms with Crippen molar-refractivity contribution >= 4 is 5.78 Å². The summed E-state index contributed by atoms with van der Waals surface area (Å²) >= 11 is 0. The molecule has 3 aliphatic carbocycles. The third kappa shape index (κ3) is 1.41. The molecule has 3 heteroatoms. The minimum absolute atomic E-state index is 0.000486. The SMILES string of the molecule is COC1C(=O)CC1OC1CC2CCC1(C)C2(C)C. The summed E-state index contributed by atoms with van der Waals surface area (Å²) in [7, 11) is 1.60. The van der Waals surface area contributed by atoms with Gasteiger partial charge in [0, 0.05) is 13.5 Å². The molecule has 3 nitrogen and oxygen atoms in total. The van der Waals surface area contributed by atoms with Crippen LogP contribution in [0.2, 0.25) is 0 Å². The van der Waals surface area contributed by atoms with Crippen LogP contribution in [0.1, 0.15) is 46.5 Å². The van der Waals surface area contributed by atoms with Crippen LogP contribution in [-0.4, -0.2) is 31.2 Å². The fourth-order valence-electron chi connectivity index (χ4n) is 4.42. The first-order valence-electron chi connectivity index (χ1n) is 7.11. The normalized spacial score (nSPS) is 49.4. The van der Waals surface area contributed by atoms with Crippen molar-refractivity contribution in [1.82, 2.24) is 0 Å². The molecule has 3 rings (SSSR count). The predicted octanol–water partition coefficient (Wildman–Crippen LogP) is 2.57. The maximum atomic E-state index is 11.4. The molecule has 3 saturated carbocycles. The molecule has 0 N–H and O–H groups in total. The van der Waals surface area contributed by atoms with Gasteiger partial charge in [0.15, 0.2) is 5.78 Å². The van der Waals surface area contributed by atoms with Gasteiger partial charge >= 0.3 is 0 Å². The predicted molar refractivity (Wildman–Crippen MR) is 68.3 cm³/mol. The summed E-state index contributed by atoms with van der Waals surface area (Å²) in [6.07, 6.45) is 4.28. The average Bonchev–Trinajstić information content (AvgIpc) is 2.61. The number of carbonyl (C=O) groups is 1. The molecule has 0 aromatic heterocycles. The van der Waals surface area contributed by atoms with Crippen molar-refractivity contribution in [3.63, 3.8) is 0 Å². The smallest absolute Gasteiger partial charge is 0.166 e. The lowest BCUT2D eigenvalue weighted by molar-refractivity contribution is -0.181. The van der Waals surface area contributed by atoms with Crippen molar-refractivity contribution in [2.45, 2.75) is 64.8 Å². The molecule has 0 aliphatic heterocycles. The van der Waals surface area contributed by atoms with E-state index in [0.29, 0.717) is 17.9 Å². The number of fused-ring (bicyclic) bond motifs is 2. The summed E-state index contributed by atoms with van der Waals surface area (Å²) in [5.74, 6) is 0.972. The van der Waals surface area contributed by atoms with Crippen LogP contribution in [0.5, 0.6) is 0 Å². The zero-order valence-electron chi connectivity index (χ0n) is 11.9. The standard InChI is InChI=1S/C15H24O3/c1-14(2)9-5-6-15(14,3)12(7-9)18-11-8-10(16)13(11)17-4/h9,11-13H,5-8H2,1-4H3. The van der Waals surface area contributed by atoms with Gasteiger partial charge in [0.05, 0.1) is 12.2 Å². The van der Waals surface area contributed by atoms with Crippen LogP contribution < -0.4 is 0 Å². The molecular weight excluding hydrogens is 228 g/mol. The Kier molecular flexibility index (Phi) is 2.66. The van der Waals surface area contributed by atoms with Crippen molar-refractivity contribution in [1.29, 1.82) is 0 Å². The fourth-order valence-corrected chi connectivity index (χ4v) is 4.42. The second-order valence-electron chi connectivity index (χ2n) is 7.10. The highest BCUT2D eigenvalue weighted by atomic mass is 16.5. The molecule has 0 aromatic carbocycles. The van der Waals surface area contributed by atoms with Crippen molar-refractivity contribution in [2.75, 3.05) is 7.11 Å². The first-order valence-corrected chi connectivity index (χ1v) is 7.11. The Bertz CT molecular complexity index is 376. The van der Waals surface area contributed by atoms with E-state index in [1.165, 1.54) is 12.8 Å². The summed E-state index contributed by atoms with van der Waals surface area (Å²) in [5.41, 5.74) is 0.641. The van der Waals surface area contributed by atoms with Gasteiger partial charge in [-0.1, -0.05) is 20.8 Å². The van der Waals surface area contributed by atoms with E-state index in [1.807, 2.05) is 0 Å². The van der Waals surface area contributed by atoms with Gasteiger partial charge < -0.3 is 9.47 Å². The number of hydrogen-bond donors (Lipinski definition) is 0. The van der Waals surface area contributed by atoms with E-state index in [9.17, 15) is 4.79 Å². The molecule has 0 aromatic rings. The van der Waals surface area contributed by atoms with Gasteiger partial charge in [-0.25, -0.2) is 0 Å². The Morgan fingerprint density at radius 2 is 2.00 bits per heavy atom. The Labute approximate surface area is 109 Å². The van der Waals surface area contributed by atoms with E-state index in [4.69, 9.17) is 9.47 Å². The lowest BCUT2D eigenvalue weighted by Crippen LogP contribution is -2.53. The van der Waals surface area contributed by atoms with Gasteiger partial charge in [-0.05, 0) is 36.0 Å². The molecule has 3 aliphatic rings. The number of ether oxygens (including phenoxy) is 2. The molecule has 5 unspecified atom stereocenters. The molecule has 0 amide bonds. The molecule has 5 atom stereocenters. The number of carbonyl (C=O) groups excluding carboxylic acids is 1. The summed E-state index contributed by atoms with van der Waals surface area (Å²) in [4.78, 5) is 11.4. The number of methoxy groups -OCH3 is 1. The van der Waals surface area contributed by atoms with Crippen molar-refractivity contribution in [3.05, 3.63) is 0 Å². The Morgan fingerprint density at radius 3 is 2.44 bits per heavy atom. The highest BCUT2D eigenvalue weighted by Gasteiger charge is 2.63. The molecule has 3 fully saturated rings. The van der Waals surface area contributed by atoms with Gasteiger partial charge in [-0.2, -0.15) is 0 Å². The number of rotatable bonds is 3. The van der Waals surface area contributed by atoms with E-state index in [-0.39, 0.29) is 23.4 Å². The molecule has 102 valence electrons. The molecular formula is C15H24O3. The maximum absolute atomic E-state index is 11.4. The van der Waals surface area contributed by atoms with Crippen molar-refractivity contribution in [3.8, 4) is 0 Å². The van der Waals surface area contributed by atoms with Crippen LogP contribution in [-0.2, 0) is 14.3 Å². The highest BCUT2D eigenvalue weighted by Crippen LogP contribution is 2.66. The summed E-state index contributed by atoms with van der Waals surface area (Å²) < 4.78 is 11.5. The van der Waals surface area contributed by atoms with Gasteiger partial charge in [-0.15, -0.1) is 0 Å². The fraction of sp³-hybridized carbons (Fsp3) is 0.933. The third-order valence-corrected chi connectivity index (χ3v) is 6.36. The summed E-state index contributed by atoms with van der Waals surface area (Å²) in [6, 6.07) is 0. The topological polar surface area (TPSA) is 35.5 Å². The Morgan fingerprint density at radius 1 is 1.28 bits per heavy atom.